The summed E-state index contributed by atoms with van der Waals surface area (Å²) in [4.78, 5) is 19.3. The van der Waals surface area contributed by atoms with Crippen LogP contribution in [0.2, 0.25) is 0 Å². The van der Waals surface area contributed by atoms with Gasteiger partial charge >= 0.3 is 0 Å². The molecule has 6 heteroatoms. The summed E-state index contributed by atoms with van der Waals surface area (Å²) in [7, 11) is 1.74. The zero-order valence-corrected chi connectivity index (χ0v) is 20.0. The Morgan fingerprint density at radius 1 is 0.941 bits per heavy atom. The maximum atomic E-state index is 13.4. The van der Waals surface area contributed by atoms with Gasteiger partial charge in [0.25, 0.3) is 0 Å². The first-order valence-corrected chi connectivity index (χ1v) is 11.9. The summed E-state index contributed by atoms with van der Waals surface area (Å²) >= 11 is 0. The van der Waals surface area contributed by atoms with Gasteiger partial charge in [-0.1, -0.05) is 42.5 Å². The summed E-state index contributed by atoms with van der Waals surface area (Å²) in [6.45, 7) is 7.30. The van der Waals surface area contributed by atoms with E-state index in [1.807, 2.05) is 25.1 Å². The number of hydrogen-bond donors (Lipinski definition) is 1. The second-order valence-corrected chi connectivity index (χ2v) is 8.99. The van der Waals surface area contributed by atoms with Gasteiger partial charge < -0.3 is 15.1 Å². The molecule has 0 spiro atoms. The minimum absolute atomic E-state index is 0.0390. The monoisotopic (exact) mass is 460 g/mol. The Kier molecular flexibility index (Phi) is 7.80. The van der Waals surface area contributed by atoms with Crippen LogP contribution in [0, 0.1) is 5.82 Å². The van der Waals surface area contributed by atoms with Gasteiger partial charge in [-0.05, 0) is 54.4 Å². The molecule has 0 radical (unpaired) electrons. The van der Waals surface area contributed by atoms with E-state index in [0.717, 1.165) is 44.0 Å². The third-order valence-electron chi connectivity index (χ3n) is 6.29. The van der Waals surface area contributed by atoms with E-state index in [-0.39, 0.29) is 17.8 Å². The van der Waals surface area contributed by atoms with Crippen molar-refractivity contribution in [3.05, 3.63) is 95.8 Å². The molecule has 1 saturated heterocycles. The van der Waals surface area contributed by atoms with E-state index in [4.69, 9.17) is 0 Å². The van der Waals surface area contributed by atoms with Gasteiger partial charge in [0.05, 0.1) is 0 Å². The van der Waals surface area contributed by atoms with E-state index in [9.17, 15) is 9.18 Å². The van der Waals surface area contributed by atoms with Gasteiger partial charge in [-0.2, -0.15) is 0 Å². The van der Waals surface area contributed by atoms with Crippen LogP contribution in [0.1, 0.15) is 18.1 Å². The molecule has 0 aliphatic carbocycles. The molecule has 3 aromatic carbocycles. The normalized spacial score (nSPS) is 15.1. The molecular weight excluding hydrogens is 427 g/mol. The van der Waals surface area contributed by atoms with Crippen molar-refractivity contribution in [2.75, 3.05) is 43.4 Å². The summed E-state index contributed by atoms with van der Waals surface area (Å²) in [5.74, 6) is -0.329. The minimum Gasteiger partial charge on any atom is -0.374 e. The van der Waals surface area contributed by atoms with Crippen molar-refractivity contribution in [3.8, 4) is 0 Å². The third kappa shape index (κ3) is 6.35. The van der Waals surface area contributed by atoms with Gasteiger partial charge in [0, 0.05) is 57.7 Å². The van der Waals surface area contributed by atoms with Crippen LogP contribution in [0.25, 0.3) is 0 Å². The van der Waals surface area contributed by atoms with Crippen LogP contribution in [-0.2, 0) is 17.9 Å². The predicted molar refractivity (Wildman–Crippen MR) is 136 cm³/mol. The number of nitrogens with zero attached hydrogens (tertiary/aromatic N) is 3. The maximum absolute atomic E-state index is 13.4. The van der Waals surface area contributed by atoms with Crippen LogP contribution >= 0.6 is 0 Å². The van der Waals surface area contributed by atoms with Crippen molar-refractivity contribution in [2.24, 2.45) is 0 Å². The second kappa shape index (κ2) is 11.2. The summed E-state index contributed by atoms with van der Waals surface area (Å²) in [5, 5.41) is 3.29. The van der Waals surface area contributed by atoms with E-state index in [2.05, 4.69) is 57.6 Å². The molecule has 0 saturated carbocycles. The Morgan fingerprint density at radius 2 is 1.62 bits per heavy atom. The molecule has 1 amide bonds. The van der Waals surface area contributed by atoms with E-state index >= 15 is 0 Å². The SMILES string of the molecule is CC(Nc1ccc(N2CCN(Cc3ccccc3)CC2)cc1)C(=O)N(C)Cc1cccc(F)c1. The second-order valence-electron chi connectivity index (χ2n) is 8.99. The van der Waals surface area contributed by atoms with Gasteiger partial charge in [0.2, 0.25) is 5.91 Å². The zero-order valence-electron chi connectivity index (χ0n) is 20.0. The van der Waals surface area contributed by atoms with Crippen LogP contribution < -0.4 is 10.2 Å². The van der Waals surface area contributed by atoms with Crippen molar-refractivity contribution >= 4 is 17.3 Å². The molecule has 1 aliphatic rings. The topological polar surface area (TPSA) is 38.8 Å². The van der Waals surface area contributed by atoms with Gasteiger partial charge in [0.15, 0.2) is 0 Å². The molecule has 5 nitrogen and oxygen atoms in total. The van der Waals surface area contributed by atoms with Crippen molar-refractivity contribution < 1.29 is 9.18 Å². The number of anilines is 2. The van der Waals surface area contributed by atoms with E-state index in [1.54, 1.807) is 18.0 Å². The van der Waals surface area contributed by atoms with E-state index < -0.39 is 0 Å². The highest BCUT2D eigenvalue weighted by atomic mass is 19.1. The zero-order chi connectivity index (χ0) is 23.9. The molecule has 0 bridgehead atoms. The first-order chi connectivity index (χ1) is 16.5. The number of carbonyl (C=O) groups is 1. The van der Waals surface area contributed by atoms with Crippen LogP contribution in [0.3, 0.4) is 0 Å². The molecular formula is C28H33FN4O. The number of likely N-dealkylation sites (N-methyl/N-ethyl adjacent to an activating group) is 1. The van der Waals surface area contributed by atoms with E-state index in [1.165, 1.54) is 23.4 Å². The van der Waals surface area contributed by atoms with Crippen molar-refractivity contribution in [2.45, 2.75) is 26.1 Å². The van der Waals surface area contributed by atoms with Gasteiger partial charge in [-0.3, -0.25) is 9.69 Å². The van der Waals surface area contributed by atoms with Gasteiger partial charge in [0.1, 0.15) is 11.9 Å². The van der Waals surface area contributed by atoms with Gasteiger partial charge in [-0.25, -0.2) is 4.39 Å². The number of piperazine rings is 1. The minimum atomic E-state index is -0.383. The van der Waals surface area contributed by atoms with Crippen LogP contribution in [0.5, 0.6) is 0 Å². The Hall–Kier alpha value is -3.38. The van der Waals surface area contributed by atoms with E-state index in [0.29, 0.717) is 6.54 Å². The molecule has 3 aromatic rings. The van der Waals surface area contributed by atoms with Crippen LogP contribution in [-0.4, -0.2) is 55.0 Å². The lowest BCUT2D eigenvalue weighted by Crippen LogP contribution is -2.45. The molecule has 0 aromatic heterocycles. The van der Waals surface area contributed by atoms with Gasteiger partial charge in [-0.15, -0.1) is 0 Å². The lowest BCUT2D eigenvalue weighted by molar-refractivity contribution is -0.130. The molecule has 1 N–H and O–H groups in total. The largest absolute Gasteiger partial charge is 0.374 e. The number of benzene rings is 3. The number of amides is 1. The molecule has 1 unspecified atom stereocenters. The lowest BCUT2D eigenvalue weighted by Gasteiger charge is -2.36. The number of halogens is 1. The Labute approximate surface area is 201 Å². The third-order valence-corrected chi connectivity index (χ3v) is 6.29. The number of carbonyl (C=O) groups excluding carboxylic acids is 1. The fraction of sp³-hybridized carbons (Fsp3) is 0.321. The molecule has 4 rings (SSSR count). The average molecular weight is 461 g/mol. The number of hydrogen-bond acceptors (Lipinski definition) is 4. The highest BCUT2D eigenvalue weighted by Crippen LogP contribution is 2.21. The Balaban J connectivity index is 1.26. The standard InChI is InChI=1S/C28H33FN4O/c1-22(28(34)31(2)20-24-9-6-10-25(29)19-24)30-26-11-13-27(14-12-26)33-17-15-32(16-18-33)21-23-7-4-3-5-8-23/h3-14,19,22,30H,15-18,20-21H2,1-2H3. The first kappa shape index (κ1) is 23.8. The highest BCUT2D eigenvalue weighted by Gasteiger charge is 2.19. The average Bonchev–Trinajstić information content (AvgIpc) is 2.85. The molecule has 1 atom stereocenters. The molecule has 1 aliphatic heterocycles. The lowest BCUT2D eigenvalue weighted by atomic mass is 10.1. The summed E-state index contributed by atoms with van der Waals surface area (Å²) in [6, 6.07) is 24.9. The van der Waals surface area contributed by atoms with Crippen LogP contribution in [0.15, 0.2) is 78.9 Å². The molecule has 178 valence electrons. The first-order valence-electron chi connectivity index (χ1n) is 11.9. The number of nitrogens with one attached hydrogen (secondary N) is 1. The fourth-order valence-corrected chi connectivity index (χ4v) is 4.40. The summed E-state index contributed by atoms with van der Waals surface area (Å²) in [5.41, 5.74) is 4.24. The van der Waals surface area contributed by atoms with Crippen molar-refractivity contribution in [1.29, 1.82) is 0 Å². The smallest absolute Gasteiger partial charge is 0.244 e. The summed E-state index contributed by atoms with van der Waals surface area (Å²) in [6.07, 6.45) is 0. The fourth-order valence-electron chi connectivity index (χ4n) is 4.40. The molecule has 34 heavy (non-hydrogen) atoms. The molecule has 1 heterocycles. The number of rotatable bonds is 8. The maximum Gasteiger partial charge on any atom is 0.244 e. The quantitative estimate of drug-likeness (QED) is 0.533. The molecule has 1 fully saturated rings. The van der Waals surface area contributed by atoms with Crippen LogP contribution in [0.4, 0.5) is 15.8 Å². The summed E-state index contributed by atoms with van der Waals surface area (Å²) < 4.78 is 13.4. The Morgan fingerprint density at radius 3 is 2.29 bits per heavy atom. The highest BCUT2D eigenvalue weighted by molar-refractivity contribution is 5.84. The van der Waals surface area contributed by atoms with Crippen molar-refractivity contribution in [3.63, 3.8) is 0 Å². The predicted octanol–water partition coefficient (Wildman–Crippen LogP) is 4.61. The Bertz CT molecular complexity index is 1070. The van der Waals surface area contributed by atoms with Crippen molar-refractivity contribution in [1.82, 2.24) is 9.80 Å².